The first-order valence-corrected chi connectivity index (χ1v) is 6.68. The quantitative estimate of drug-likeness (QED) is 0.769. The molecule has 0 spiro atoms. The van der Waals surface area contributed by atoms with Crippen LogP contribution in [0.3, 0.4) is 0 Å². The molecule has 0 saturated heterocycles. The lowest BCUT2D eigenvalue weighted by molar-refractivity contribution is 0.195. The molecule has 1 rings (SSSR count). The summed E-state index contributed by atoms with van der Waals surface area (Å²) in [5.74, 6) is 0. The summed E-state index contributed by atoms with van der Waals surface area (Å²) in [5, 5.41) is 13.8. The van der Waals surface area contributed by atoms with Gasteiger partial charge in [0, 0.05) is 10.7 Å². The van der Waals surface area contributed by atoms with Gasteiger partial charge in [-0.1, -0.05) is 44.4 Å². The topological polar surface area (TPSA) is 32.3 Å². The van der Waals surface area contributed by atoms with E-state index in [4.69, 9.17) is 11.6 Å². The first-order chi connectivity index (χ1) is 8.15. The fourth-order valence-corrected chi connectivity index (χ4v) is 2.14. The molecule has 0 fully saturated rings. The SMILES string of the molecule is CCCCC(CC)(CO)Nc1cccc(Cl)c1. The number of hydrogen-bond donors (Lipinski definition) is 2. The van der Waals surface area contributed by atoms with Crippen molar-refractivity contribution >= 4 is 17.3 Å². The standard InChI is InChI=1S/C14H22ClNO/c1-3-5-9-14(4-2,11-17)16-13-8-6-7-12(15)10-13/h6-8,10,16-17H,3-5,9,11H2,1-2H3. The number of benzene rings is 1. The Hall–Kier alpha value is -0.730. The van der Waals surface area contributed by atoms with Crippen molar-refractivity contribution in [1.82, 2.24) is 0 Å². The summed E-state index contributed by atoms with van der Waals surface area (Å²) in [6.07, 6.45) is 4.12. The normalized spacial score (nSPS) is 14.4. The van der Waals surface area contributed by atoms with Gasteiger partial charge in [0.15, 0.2) is 0 Å². The minimum atomic E-state index is -0.222. The maximum absolute atomic E-state index is 9.64. The van der Waals surface area contributed by atoms with E-state index in [0.717, 1.165) is 31.4 Å². The van der Waals surface area contributed by atoms with Gasteiger partial charge < -0.3 is 10.4 Å². The van der Waals surface area contributed by atoms with Crippen molar-refractivity contribution in [3.63, 3.8) is 0 Å². The minimum absolute atomic E-state index is 0.149. The fourth-order valence-electron chi connectivity index (χ4n) is 1.95. The molecule has 0 amide bonds. The third-order valence-electron chi connectivity index (χ3n) is 3.22. The van der Waals surface area contributed by atoms with E-state index in [1.165, 1.54) is 0 Å². The van der Waals surface area contributed by atoms with Crippen LogP contribution in [0.1, 0.15) is 39.5 Å². The van der Waals surface area contributed by atoms with Gasteiger partial charge in [-0.15, -0.1) is 0 Å². The van der Waals surface area contributed by atoms with Crippen molar-refractivity contribution in [3.8, 4) is 0 Å². The minimum Gasteiger partial charge on any atom is -0.394 e. The van der Waals surface area contributed by atoms with Crippen LogP contribution in [0.15, 0.2) is 24.3 Å². The average Bonchev–Trinajstić information content (AvgIpc) is 2.35. The van der Waals surface area contributed by atoms with Gasteiger partial charge in [-0.25, -0.2) is 0 Å². The number of aliphatic hydroxyl groups is 1. The number of rotatable bonds is 7. The fraction of sp³-hybridized carbons (Fsp3) is 0.571. The van der Waals surface area contributed by atoms with Crippen LogP contribution in [0.4, 0.5) is 5.69 Å². The zero-order valence-electron chi connectivity index (χ0n) is 10.7. The number of anilines is 1. The number of unbranched alkanes of at least 4 members (excludes halogenated alkanes) is 1. The average molecular weight is 256 g/mol. The van der Waals surface area contributed by atoms with E-state index in [1.54, 1.807) is 0 Å². The molecule has 1 atom stereocenters. The molecule has 1 aromatic carbocycles. The van der Waals surface area contributed by atoms with Crippen molar-refractivity contribution in [1.29, 1.82) is 0 Å². The summed E-state index contributed by atoms with van der Waals surface area (Å²) in [6.45, 7) is 4.41. The van der Waals surface area contributed by atoms with Crippen molar-refractivity contribution in [2.24, 2.45) is 0 Å². The first-order valence-electron chi connectivity index (χ1n) is 6.30. The van der Waals surface area contributed by atoms with Crippen LogP contribution in [0.25, 0.3) is 0 Å². The molecule has 17 heavy (non-hydrogen) atoms. The molecule has 0 radical (unpaired) electrons. The molecule has 3 heteroatoms. The van der Waals surface area contributed by atoms with Crippen LogP contribution in [0, 0.1) is 0 Å². The van der Waals surface area contributed by atoms with Gasteiger partial charge in [0.25, 0.3) is 0 Å². The molecule has 0 bridgehead atoms. The molecule has 2 N–H and O–H groups in total. The molecule has 0 aliphatic heterocycles. The van der Waals surface area contributed by atoms with Crippen molar-refractivity contribution < 1.29 is 5.11 Å². The van der Waals surface area contributed by atoms with Gasteiger partial charge in [-0.05, 0) is 31.0 Å². The predicted molar refractivity (Wildman–Crippen MR) is 74.7 cm³/mol. The Morgan fingerprint density at radius 1 is 1.35 bits per heavy atom. The van der Waals surface area contributed by atoms with Crippen LogP contribution in [-0.4, -0.2) is 17.3 Å². The number of hydrogen-bond acceptors (Lipinski definition) is 2. The third kappa shape index (κ3) is 4.21. The van der Waals surface area contributed by atoms with Crippen LogP contribution in [0.5, 0.6) is 0 Å². The van der Waals surface area contributed by atoms with Gasteiger partial charge in [0.2, 0.25) is 0 Å². The molecule has 0 aliphatic rings. The zero-order chi connectivity index (χ0) is 12.7. The Morgan fingerprint density at radius 3 is 2.65 bits per heavy atom. The Morgan fingerprint density at radius 2 is 2.12 bits per heavy atom. The van der Waals surface area contributed by atoms with E-state index < -0.39 is 0 Å². The van der Waals surface area contributed by atoms with Crippen LogP contribution in [-0.2, 0) is 0 Å². The highest BCUT2D eigenvalue weighted by Gasteiger charge is 2.26. The van der Waals surface area contributed by atoms with E-state index in [1.807, 2.05) is 24.3 Å². The number of halogens is 1. The summed E-state index contributed by atoms with van der Waals surface area (Å²) in [6, 6.07) is 7.65. The Bertz CT molecular complexity index is 337. The second-order valence-corrected chi connectivity index (χ2v) is 4.97. The van der Waals surface area contributed by atoms with E-state index in [2.05, 4.69) is 19.2 Å². The highest BCUT2D eigenvalue weighted by molar-refractivity contribution is 6.30. The Kier molecular flexibility index (Phi) is 5.79. The van der Waals surface area contributed by atoms with E-state index in [0.29, 0.717) is 5.02 Å². The van der Waals surface area contributed by atoms with Gasteiger partial charge in [-0.2, -0.15) is 0 Å². The van der Waals surface area contributed by atoms with Gasteiger partial charge in [0.05, 0.1) is 12.1 Å². The summed E-state index contributed by atoms with van der Waals surface area (Å²) in [5.41, 5.74) is 0.755. The Balaban J connectivity index is 2.78. The van der Waals surface area contributed by atoms with E-state index >= 15 is 0 Å². The maximum atomic E-state index is 9.64. The smallest absolute Gasteiger partial charge is 0.0661 e. The molecule has 96 valence electrons. The monoisotopic (exact) mass is 255 g/mol. The van der Waals surface area contributed by atoms with Crippen molar-refractivity contribution in [3.05, 3.63) is 29.3 Å². The second kappa shape index (κ2) is 6.87. The van der Waals surface area contributed by atoms with E-state index in [-0.39, 0.29) is 12.1 Å². The summed E-state index contributed by atoms with van der Waals surface area (Å²) < 4.78 is 0. The highest BCUT2D eigenvalue weighted by Crippen LogP contribution is 2.25. The van der Waals surface area contributed by atoms with E-state index in [9.17, 15) is 5.11 Å². The molecule has 1 aromatic rings. The molecule has 0 aliphatic carbocycles. The molecule has 1 unspecified atom stereocenters. The lowest BCUT2D eigenvalue weighted by Gasteiger charge is -2.33. The van der Waals surface area contributed by atoms with Crippen LogP contribution in [0.2, 0.25) is 5.02 Å². The lowest BCUT2D eigenvalue weighted by Crippen LogP contribution is -2.41. The predicted octanol–water partition coefficient (Wildman–Crippen LogP) is 4.08. The zero-order valence-corrected chi connectivity index (χ0v) is 11.4. The maximum Gasteiger partial charge on any atom is 0.0661 e. The first kappa shape index (κ1) is 14.3. The van der Waals surface area contributed by atoms with Gasteiger partial charge in [0.1, 0.15) is 0 Å². The van der Waals surface area contributed by atoms with Crippen molar-refractivity contribution in [2.45, 2.75) is 45.1 Å². The number of nitrogens with one attached hydrogen (secondary N) is 1. The van der Waals surface area contributed by atoms with Crippen LogP contribution < -0.4 is 5.32 Å². The lowest BCUT2D eigenvalue weighted by atomic mass is 9.90. The van der Waals surface area contributed by atoms with Crippen LogP contribution >= 0.6 is 11.6 Å². The molecule has 0 saturated carbocycles. The third-order valence-corrected chi connectivity index (χ3v) is 3.46. The molecule has 0 aromatic heterocycles. The molecule has 2 nitrogen and oxygen atoms in total. The molecule has 0 heterocycles. The summed E-state index contributed by atoms with van der Waals surface area (Å²) in [4.78, 5) is 0. The Labute approximate surface area is 109 Å². The van der Waals surface area contributed by atoms with Crippen molar-refractivity contribution in [2.75, 3.05) is 11.9 Å². The van der Waals surface area contributed by atoms with Gasteiger partial charge >= 0.3 is 0 Å². The molecular formula is C14H22ClNO. The second-order valence-electron chi connectivity index (χ2n) is 4.53. The molecular weight excluding hydrogens is 234 g/mol. The largest absolute Gasteiger partial charge is 0.394 e. The van der Waals surface area contributed by atoms with Gasteiger partial charge in [-0.3, -0.25) is 0 Å². The highest BCUT2D eigenvalue weighted by atomic mass is 35.5. The number of aliphatic hydroxyl groups excluding tert-OH is 1. The summed E-state index contributed by atoms with van der Waals surface area (Å²) >= 11 is 5.96. The summed E-state index contributed by atoms with van der Waals surface area (Å²) in [7, 11) is 0.